The highest BCUT2D eigenvalue weighted by Crippen LogP contribution is 2.51. The third kappa shape index (κ3) is 3.14. The SMILES string of the molecule is CCCC1CCC(C(=O)O)(C2CCCC(C)C2)CC1. The van der Waals surface area contributed by atoms with Crippen LogP contribution in [0.25, 0.3) is 0 Å². The number of carboxylic acids is 1. The molecule has 2 saturated carbocycles. The van der Waals surface area contributed by atoms with Crippen LogP contribution in [0.2, 0.25) is 0 Å². The molecule has 2 aliphatic carbocycles. The molecule has 0 aromatic carbocycles. The molecule has 2 nitrogen and oxygen atoms in total. The molecule has 0 radical (unpaired) electrons. The summed E-state index contributed by atoms with van der Waals surface area (Å²) in [5.74, 6) is 1.46. The Labute approximate surface area is 118 Å². The van der Waals surface area contributed by atoms with Gasteiger partial charge in [-0.2, -0.15) is 0 Å². The van der Waals surface area contributed by atoms with Gasteiger partial charge in [-0.15, -0.1) is 0 Å². The van der Waals surface area contributed by atoms with E-state index in [0.717, 1.165) is 50.4 Å². The number of carboxylic acid groups (broad SMARTS) is 1. The Morgan fingerprint density at radius 3 is 2.42 bits per heavy atom. The van der Waals surface area contributed by atoms with Crippen molar-refractivity contribution in [3.8, 4) is 0 Å². The second-order valence-electron chi connectivity index (χ2n) is 7.16. The summed E-state index contributed by atoms with van der Waals surface area (Å²) in [5.41, 5.74) is -0.376. The fraction of sp³-hybridized carbons (Fsp3) is 0.941. The fourth-order valence-electron chi connectivity index (χ4n) is 4.62. The molecule has 2 atom stereocenters. The summed E-state index contributed by atoms with van der Waals surface area (Å²) in [5, 5.41) is 9.84. The van der Waals surface area contributed by atoms with E-state index >= 15 is 0 Å². The van der Waals surface area contributed by atoms with E-state index in [4.69, 9.17) is 0 Å². The summed E-state index contributed by atoms with van der Waals surface area (Å²) >= 11 is 0. The maximum Gasteiger partial charge on any atom is 0.309 e. The minimum Gasteiger partial charge on any atom is -0.481 e. The third-order valence-corrected chi connectivity index (χ3v) is 5.84. The highest BCUT2D eigenvalue weighted by molar-refractivity contribution is 5.75. The molecule has 2 aliphatic rings. The van der Waals surface area contributed by atoms with Gasteiger partial charge in [-0.25, -0.2) is 0 Å². The summed E-state index contributed by atoms with van der Waals surface area (Å²) in [4.78, 5) is 11.9. The van der Waals surface area contributed by atoms with Crippen LogP contribution in [-0.4, -0.2) is 11.1 Å². The first kappa shape index (κ1) is 14.9. The molecular weight excluding hydrogens is 236 g/mol. The van der Waals surface area contributed by atoms with Gasteiger partial charge in [0.1, 0.15) is 0 Å². The molecular formula is C17H30O2. The Balaban J connectivity index is 2.05. The van der Waals surface area contributed by atoms with E-state index in [1.165, 1.54) is 25.7 Å². The van der Waals surface area contributed by atoms with Gasteiger partial charge in [-0.3, -0.25) is 4.79 Å². The van der Waals surface area contributed by atoms with Gasteiger partial charge in [-0.05, 0) is 56.3 Å². The zero-order valence-electron chi connectivity index (χ0n) is 12.7. The highest BCUT2D eigenvalue weighted by atomic mass is 16.4. The largest absolute Gasteiger partial charge is 0.481 e. The summed E-state index contributed by atoms with van der Waals surface area (Å²) in [6.45, 7) is 4.53. The van der Waals surface area contributed by atoms with Crippen LogP contribution in [0.3, 0.4) is 0 Å². The molecule has 0 aromatic heterocycles. The number of aliphatic carboxylic acids is 1. The first-order valence-electron chi connectivity index (χ1n) is 8.32. The van der Waals surface area contributed by atoms with Crippen LogP contribution in [-0.2, 0) is 4.79 Å². The Morgan fingerprint density at radius 2 is 1.89 bits per heavy atom. The molecule has 0 aliphatic heterocycles. The van der Waals surface area contributed by atoms with Crippen molar-refractivity contribution in [3.05, 3.63) is 0 Å². The standard InChI is InChI=1S/C17H30O2/c1-3-5-14-8-10-17(11-9-14,16(18)19)15-7-4-6-13(2)12-15/h13-15H,3-12H2,1-2H3,(H,18,19). The molecule has 1 N–H and O–H groups in total. The monoisotopic (exact) mass is 266 g/mol. The lowest BCUT2D eigenvalue weighted by Gasteiger charge is -2.45. The maximum absolute atomic E-state index is 11.9. The lowest BCUT2D eigenvalue weighted by atomic mass is 9.58. The average molecular weight is 266 g/mol. The van der Waals surface area contributed by atoms with Gasteiger partial charge in [-0.1, -0.05) is 39.5 Å². The molecule has 0 aromatic rings. The Kier molecular flexibility index (Phi) is 4.92. The minimum absolute atomic E-state index is 0.376. The lowest BCUT2D eigenvalue weighted by Crippen LogP contribution is -2.43. The summed E-state index contributed by atoms with van der Waals surface area (Å²) in [7, 11) is 0. The molecule has 2 unspecified atom stereocenters. The van der Waals surface area contributed by atoms with E-state index < -0.39 is 5.97 Å². The van der Waals surface area contributed by atoms with Crippen molar-refractivity contribution in [2.75, 3.05) is 0 Å². The van der Waals surface area contributed by atoms with Gasteiger partial charge in [0.05, 0.1) is 5.41 Å². The topological polar surface area (TPSA) is 37.3 Å². The highest BCUT2D eigenvalue weighted by Gasteiger charge is 2.48. The number of hydrogen-bond acceptors (Lipinski definition) is 1. The van der Waals surface area contributed by atoms with Crippen LogP contribution >= 0.6 is 0 Å². The second-order valence-corrected chi connectivity index (χ2v) is 7.16. The van der Waals surface area contributed by atoms with E-state index in [9.17, 15) is 9.90 Å². The van der Waals surface area contributed by atoms with Gasteiger partial charge >= 0.3 is 5.97 Å². The van der Waals surface area contributed by atoms with E-state index in [2.05, 4.69) is 13.8 Å². The molecule has 0 bridgehead atoms. The number of carbonyl (C=O) groups is 1. The number of hydrogen-bond donors (Lipinski definition) is 1. The summed E-state index contributed by atoms with van der Waals surface area (Å²) in [6, 6.07) is 0. The van der Waals surface area contributed by atoms with Crippen LogP contribution < -0.4 is 0 Å². The predicted molar refractivity (Wildman–Crippen MR) is 78.1 cm³/mol. The third-order valence-electron chi connectivity index (χ3n) is 5.84. The summed E-state index contributed by atoms with van der Waals surface area (Å²) in [6.07, 6.45) is 11.5. The van der Waals surface area contributed by atoms with Crippen molar-refractivity contribution in [3.63, 3.8) is 0 Å². The molecule has 110 valence electrons. The average Bonchev–Trinajstić information content (AvgIpc) is 2.40. The molecule has 2 heteroatoms. The molecule has 19 heavy (non-hydrogen) atoms. The van der Waals surface area contributed by atoms with Crippen molar-refractivity contribution in [2.45, 2.75) is 78.1 Å². The fourth-order valence-corrected chi connectivity index (χ4v) is 4.62. The first-order chi connectivity index (χ1) is 9.08. The Hall–Kier alpha value is -0.530. The van der Waals surface area contributed by atoms with Gasteiger partial charge in [0.2, 0.25) is 0 Å². The van der Waals surface area contributed by atoms with E-state index in [-0.39, 0.29) is 5.41 Å². The lowest BCUT2D eigenvalue weighted by molar-refractivity contribution is -0.158. The van der Waals surface area contributed by atoms with Crippen molar-refractivity contribution in [2.24, 2.45) is 23.2 Å². The smallest absolute Gasteiger partial charge is 0.309 e. The van der Waals surface area contributed by atoms with Crippen molar-refractivity contribution in [1.82, 2.24) is 0 Å². The van der Waals surface area contributed by atoms with Crippen molar-refractivity contribution in [1.29, 1.82) is 0 Å². The van der Waals surface area contributed by atoms with Crippen LogP contribution in [0.1, 0.15) is 78.1 Å². The quantitative estimate of drug-likeness (QED) is 0.788. The Bertz CT molecular complexity index is 302. The predicted octanol–water partition coefficient (Wildman–Crippen LogP) is 4.87. The van der Waals surface area contributed by atoms with Crippen LogP contribution in [0.15, 0.2) is 0 Å². The zero-order chi connectivity index (χ0) is 13.9. The van der Waals surface area contributed by atoms with Crippen LogP contribution in [0.4, 0.5) is 0 Å². The minimum atomic E-state index is -0.499. The second kappa shape index (κ2) is 6.28. The Morgan fingerprint density at radius 1 is 1.21 bits per heavy atom. The maximum atomic E-state index is 11.9. The van der Waals surface area contributed by atoms with Gasteiger partial charge in [0, 0.05) is 0 Å². The van der Waals surface area contributed by atoms with E-state index in [1.807, 2.05) is 0 Å². The number of rotatable bonds is 4. The van der Waals surface area contributed by atoms with Crippen LogP contribution in [0.5, 0.6) is 0 Å². The molecule has 0 heterocycles. The van der Waals surface area contributed by atoms with E-state index in [0.29, 0.717) is 5.92 Å². The molecule has 0 spiro atoms. The first-order valence-corrected chi connectivity index (χ1v) is 8.32. The molecule has 2 fully saturated rings. The van der Waals surface area contributed by atoms with Crippen molar-refractivity contribution >= 4 is 5.97 Å². The van der Waals surface area contributed by atoms with Gasteiger partial charge in [0.15, 0.2) is 0 Å². The van der Waals surface area contributed by atoms with Crippen molar-refractivity contribution < 1.29 is 9.90 Å². The van der Waals surface area contributed by atoms with Gasteiger partial charge < -0.3 is 5.11 Å². The normalized spacial score (nSPS) is 40.0. The van der Waals surface area contributed by atoms with E-state index in [1.54, 1.807) is 0 Å². The molecule has 2 rings (SSSR count). The molecule has 0 saturated heterocycles. The summed E-state index contributed by atoms with van der Waals surface area (Å²) < 4.78 is 0. The van der Waals surface area contributed by atoms with Crippen LogP contribution in [0, 0.1) is 23.2 Å². The zero-order valence-corrected chi connectivity index (χ0v) is 12.7. The van der Waals surface area contributed by atoms with Gasteiger partial charge in [0.25, 0.3) is 0 Å². The molecule has 0 amide bonds.